The van der Waals surface area contributed by atoms with Crippen LogP contribution in [0.15, 0.2) is 18.2 Å². The summed E-state index contributed by atoms with van der Waals surface area (Å²) < 4.78 is 15.5. The van der Waals surface area contributed by atoms with Crippen LogP contribution in [0, 0.1) is 0 Å². The van der Waals surface area contributed by atoms with Crippen LogP contribution in [0.4, 0.5) is 0 Å². The van der Waals surface area contributed by atoms with Gasteiger partial charge in [0.25, 0.3) is 0 Å². The SMILES string of the molecule is COC(=O)CCN1CCCC1c1ccc(OC)cc1OC. The first-order chi connectivity index (χ1) is 10.2. The lowest BCUT2D eigenvalue weighted by Gasteiger charge is -2.26. The molecule has 5 heteroatoms. The van der Waals surface area contributed by atoms with Gasteiger partial charge < -0.3 is 14.2 Å². The van der Waals surface area contributed by atoms with E-state index in [2.05, 4.69) is 11.0 Å². The fourth-order valence-electron chi connectivity index (χ4n) is 2.88. The van der Waals surface area contributed by atoms with Crippen LogP contribution in [0.1, 0.15) is 30.9 Å². The number of methoxy groups -OCH3 is 3. The highest BCUT2D eigenvalue weighted by Crippen LogP contribution is 2.38. The number of hydrogen-bond donors (Lipinski definition) is 0. The van der Waals surface area contributed by atoms with E-state index in [1.54, 1.807) is 14.2 Å². The zero-order chi connectivity index (χ0) is 15.2. The molecule has 1 aromatic rings. The van der Waals surface area contributed by atoms with Gasteiger partial charge in [0.15, 0.2) is 0 Å². The van der Waals surface area contributed by atoms with E-state index in [4.69, 9.17) is 14.2 Å². The van der Waals surface area contributed by atoms with Gasteiger partial charge in [0, 0.05) is 24.2 Å². The van der Waals surface area contributed by atoms with E-state index in [-0.39, 0.29) is 12.0 Å². The van der Waals surface area contributed by atoms with Crippen molar-refractivity contribution in [1.29, 1.82) is 0 Å². The second-order valence-electron chi connectivity index (χ2n) is 5.13. The Kier molecular flexibility index (Phi) is 5.44. The molecule has 21 heavy (non-hydrogen) atoms. The summed E-state index contributed by atoms with van der Waals surface area (Å²) in [6, 6.07) is 6.20. The fourth-order valence-corrected chi connectivity index (χ4v) is 2.88. The first-order valence-corrected chi connectivity index (χ1v) is 7.22. The van der Waals surface area contributed by atoms with Gasteiger partial charge in [0.1, 0.15) is 11.5 Å². The lowest BCUT2D eigenvalue weighted by atomic mass is 10.0. The molecule has 0 aliphatic carbocycles. The standard InChI is InChI=1S/C16H23NO4/c1-19-12-6-7-13(15(11-12)20-2)14-5-4-9-17(14)10-8-16(18)21-3/h6-7,11,14H,4-5,8-10H2,1-3H3. The second kappa shape index (κ2) is 7.31. The number of likely N-dealkylation sites (tertiary alicyclic amines) is 1. The zero-order valence-corrected chi connectivity index (χ0v) is 12.9. The average molecular weight is 293 g/mol. The van der Waals surface area contributed by atoms with Gasteiger partial charge in [-0.25, -0.2) is 0 Å². The molecule has 0 amide bonds. The second-order valence-corrected chi connectivity index (χ2v) is 5.13. The lowest BCUT2D eigenvalue weighted by molar-refractivity contribution is -0.141. The van der Waals surface area contributed by atoms with E-state index < -0.39 is 0 Å². The van der Waals surface area contributed by atoms with E-state index in [1.165, 1.54) is 7.11 Å². The highest BCUT2D eigenvalue weighted by Gasteiger charge is 2.28. The maximum atomic E-state index is 11.3. The molecule has 116 valence electrons. The van der Waals surface area contributed by atoms with Gasteiger partial charge in [-0.2, -0.15) is 0 Å². The molecule has 0 spiro atoms. The molecule has 5 nitrogen and oxygen atoms in total. The molecule has 0 aromatic heterocycles. The Morgan fingerprint density at radius 2 is 2.10 bits per heavy atom. The number of esters is 1. The number of ether oxygens (including phenoxy) is 3. The van der Waals surface area contributed by atoms with Crippen molar-refractivity contribution in [2.45, 2.75) is 25.3 Å². The van der Waals surface area contributed by atoms with Gasteiger partial charge in [-0.15, -0.1) is 0 Å². The third kappa shape index (κ3) is 3.67. The molecule has 0 N–H and O–H groups in total. The first kappa shape index (κ1) is 15.6. The third-order valence-electron chi connectivity index (χ3n) is 3.99. The van der Waals surface area contributed by atoms with Gasteiger partial charge in [-0.05, 0) is 25.5 Å². The minimum absolute atomic E-state index is 0.164. The number of carbonyl (C=O) groups excluding carboxylic acids is 1. The molecular weight excluding hydrogens is 270 g/mol. The van der Waals surface area contributed by atoms with Gasteiger partial charge in [-0.3, -0.25) is 9.69 Å². The maximum Gasteiger partial charge on any atom is 0.306 e. The van der Waals surface area contributed by atoms with Crippen LogP contribution in [0.5, 0.6) is 11.5 Å². The Morgan fingerprint density at radius 3 is 2.76 bits per heavy atom. The molecule has 0 radical (unpaired) electrons. The summed E-state index contributed by atoms with van der Waals surface area (Å²) in [6.07, 6.45) is 2.62. The highest BCUT2D eigenvalue weighted by atomic mass is 16.5. The summed E-state index contributed by atoms with van der Waals surface area (Å²) in [6.45, 7) is 1.71. The van der Waals surface area contributed by atoms with Gasteiger partial charge in [0.05, 0.1) is 27.8 Å². The van der Waals surface area contributed by atoms with Crippen LogP contribution in [0.2, 0.25) is 0 Å². The summed E-state index contributed by atoms with van der Waals surface area (Å²) in [5.41, 5.74) is 1.15. The number of benzene rings is 1. The summed E-state index contributed by atoms with van der Waals surface area (Å²) in [7, 11) is 4.75. The molecule has 0 bridgehead atoms. The van der Waals surface area contributed by atoms with Crippen molar-refractivity contribution in [3.05, 3.63) is 23.8 Å². The van der Waals surface area contributed by atoms with Gasteiger partial charge in [-0.1, -0.05) is 6.07 Å². The Balaban J connectivity index is 2.13. The highest BCUT2D eigenvalue weighted by molar-refractivity contribution is 5.69. The van der Waals surface area contributed by atoms with E-state index in [0.29, 0.717) is 13.0 Å². The summed E-state index contributed by atoms with van der Waals surface area (Å²) >= 11 is 0. The molecule has 2 rings (SSSR count). The van der Waals surface area contributed by atoms with Crippen LogP contribution in [-0.4, -0.2) is 45.3 Å². The Morgan fingerprint density at radius 1 is 1.29 bits per heavy atom. The van der Waals surface area contributed by atoms with Gasteiger partial charge >= 0.3 is 5.97 Å². The largest absolute Gasteiger partial charge is 0.497 e. The van der Waals surface area contributed by atoms with Crippen LogP contribution >= 0.6 is 0 Å². The van der Waals surface area contributed by atoms with Crippen molar-refractivity contribution in [2.24, 2.45) is 0 Å². The van der Waals surface area contributed by atoms with E-state index >= 15 is 0 Å². The predicted molar refractivity (Wildman–Crippen MR) is 79.7 cm³/mol. The number of carbonyl (C=O) groups is 1. The quantitative estimate of drug-likeness (QED) is 0.754. The molecule has 1 fully saturated rings. The summed E-state index contributed by atoms with van der Waals surface area (Å²) in [5, 5.41) is 0. The topological polar surface area (TPSA) is 48.0 Å². The molecule has 1 unspecified atom stereocenters. The van der Waals surface area contributed by atoms with Crippen molar-refractivity contribution < 1.29 is 19.0 Å². The number of hydrogen-bond acceptors (Lipinski definition) is 5. The monoisotopic (exact) mass is 293 g/mol. The minimum Gasteiger partial charge on any atom is -0.497 e. The van der Waals surface area contributed by atoms with Gasteiger partial charge in [0.2, 0.25) is 0 Å². The number of nitrogens with zero attached hydrogens (tertiary/aromatic N) is 1. The van der Waals surface area contributed by atoms with Crippen LogP contribution in [0.3, 0.4) is 0 Å². The minimum atomic E-state index is -0.164. The van der Waals surface area contributed by atoms with E-state index in [0.717, 1.165) is 36.4 Å². The Bertz CT molecular complexity index is 489. The summed E-state index contributed by atoms with van der Waals surface area (Å²) in [5.74, 6) is 1.46. The predicted octanol–water partition coefficient (Wildman–Crippen LogP) is 2.40. The Labute approximate surface area is 125 Å². The molecule has 1 aromatic carbocycles. The summed E-state index contributed by atoms with van der Waals surface area (Å²) in [4.78, 5) is 13.6. The molecule has 1 saturated heterocycles. The Hall–Kier alpha value is -1.75. The molecule has 0 saturated carbocycles. The molecule has 1 aliphatic heterocycles. The third-order valence-corrected chi connectivity index (χ3v) is 3.99. The van der Waals surface area contributed by atoms with Crippen molar-refractivity contribution in [3.63, 3.8) is 0 Å². The average Bonchev–Trinajstić information content (AvgIpc) is 3.00. The van der Waals surface area contributed by atoms with Crippen molar-refractivity contribution in [3.8, 4) is 11.5 Å². The molecule has 1 aliphatic rings. The fraction of sp³-hybridized carbons (Fsp3) is 0.562. The van der Waals surface area contributed by atoms with E-state index in [9.17, 15) is 4.79 Å². The van der Waals surface area contributed by atoms with Crippen LogP contribution in [0.25, 0.3) is 0 Å². The van der Waals surface area contributed by atoms with Crippen LogP contribution in [-0.2, 0) is 9.53 Å². The zero-order valence-electron chi connectivity index (χ0n) is 12.9. The van der Waals surface area contributed by atoms with E-state index in [1.807, 2.05) is 12.1 Å². The first-order valence-electron chi connectivity index (χ1n) is 7.22. The molecular formula is C16H23NO4. The smallest absolute Gasteiger partial charge is 0.306 e. The normalized spacial score (nSPS) is 18.5. The van der Waals surface area contributed by atoms with Crippen molar-refractivity contribution in [2.75, 3.05) is 34.4 Å². The molecule has 1 heterocycles. The van der Waals surface area contributed by atoms with Crippen molar-refractivity contribution >= 4 is 5.97 Å². The number of rotatable bonds is 6. The van der Waals surface area contributed by atoms with Crippen molar-refractivity contribution in [1.82, 2.24) is 4.90 Å². The maximum absolute atomic E-state index is 11.3. The van der Waals surface area contributed by atoms with Crippen LogP contribution < -0.4 is 9.47 Å². The lowest BCUT2D eigenvalue weighted by Crippen LogP contribution is -2.26. The molecule has 1 atom stereocenters.